The molecule has 16 heteroatoms. The molecule has 0 fully saturated rings. The highest BCUT2D eigenvalue weighted by Gasteiger charge is 2.17. The third-order valence-electron chi connectivity index (χ3n) is 4.59. The third-order valence-corrected chi connectivity index (χ3v) is 5.19. The number of nitro benzene ring substituents is 2. The van der Waals surface area contributed by atoms with Crippen LogP contribution in [0.2, 0.25) is 0 Å². The van der Waals surface area contributed by atoms with Gasteiger partial charge in [0.15, 0.2) is 0 Å². The minimum atomic E-state index is -3.75. The van der Waals surface area contributed by atoms with Crippen molar-refractivity contribution in [1.82, 2.24) is 10.2 Å². The van der Waals surface area contributed by atoms with Crippen LogP contribution in [0.1, 0.15) is 11.1 Å². The average Bonchev–Trinajstić information content (AvgIpc) is 2.84. The van der Waals surface area contributed by atoms with Crippen LogP contribution >= 0.6 is 0 Å². The van der Waals surface area contributed by atoms with E-state index >= 15 is 0 Å². The quantitative estimate of drug-likeness (QED) is 0.222. The summed E-state index contributed by atoms with van der Waals surface area (Å²) in [5, 5.41) is 23.8. The van der Waals surface area contributed by atoms with Gasteiger partial charge in [-0.25, -0.2) is 9.59 Å². The number of non-ortho nitro benzene ring substituents is 2. The maximum atomic E-state index is 12.5. The molecule has 2 aromatic carbocycles. The van der Waals surface area contributed by atoms with Gasteiger partial charge in [0.25, 0.3) is 21.5 Å². The summed E-state index contributed by atoms with van der Waals surface area (Å²) < 4.78 is 37.3. The monoisotopic (exact) mass is 540 g/mol. The molecule has 2 aromatic rings. The van der Waals surface area contributed by atoms with E-state index in [1.807, 2.05) is 0 Å². The van der Waals surface area contributed by atoms with E-state index in [4.69, 9.17) is 9.47 Å². The summed E-state index contributed by atoms with van der Waals surface area (Å²) in [6, 6.07) is 10.8. The van der Waals surface area contributed by atoms with E-state index in [0.29, 0.717) is 11.1 Å². The van der Waals surface area contributed by atoms with Crippen molar-refractivity contribution in [2.45, 2.75) is 13.2 Å². The van der Waals surface area contributed by atoms with Gasteiger partial charge in [0.05, 0.1) is 22.7 Å². The van der Waals surface area contributed by atoms with E-state index in [1.54, 1.807) is 0 Å². The van der Waals surface area contributed by atoms with Gasteiger partial charge in [-0.1, -0.05) is 0 Å². The Morgan fingerprint density at radius 2 is 1.35 bits per heavy atom. The van der Waals surface area contributed by atoms with Crippen molar-refractivity contribution in [1.29, 1.82) is 0 Å². The molecule has 0 saturated heterocycles. The molecule has 0 spiro atoms. The fourth-order valence-corrected chi connectivity index (χ4v) is 3.13. The van der Waals surface area contributed by atoms with Crippen LogP contribution in [0.25, 0.3) is 0 Å². The minimum Gasteiger partial charge on any atom is -0.445 e. The van der Waals surface area contributed by atoms with Crippen molar-refractivity contribution in [3.05, 3.63) is 79.9 Å². The van der Waals surface area contributed by atoms with Crippen LogP contribution in [0.3, 0.4) is 0 Å². The van der Waals surface area contributed by atoms with Gasteiger partial charge in [-0.15, -0.1) is 0 Å². The van der Waals surface area contributed by atoms with Crippen molar-refractivity contribution in [3.8, 4) is 0 Å². The summed E-state index contributed by atoms with van der Waals surface area (Å²) in [4.78, 5) is 45.8. The van der Waals surface area contributed by atoms with Gasteiger partial charge in [0.1, 0.15) is 13.2 Å². The molecule has 1 N–H and O–H groups in total. The number of amides is 2. The van der Waals surface area contributed by atoms with Gasteiger partial charge < -0.3 is 19.7 Å². The van der Waals surface area contributed by atoms with Gasteiger partial charge in [-0.05, 0) is 35.4 Å². The lowest BCUT2D eigenvalue weighted by Gasteiger charge is -2.22. The molecule has 0 unspecified atom stereocenters. The summed E-state index contributed by atoms with van der Waals surface area (Å²) in [5.41, 5.74) is 0.782. The molecule has 0 radical (unpaired) electrons. The fourth-order valence-electron chi connectivity index (χ4n) is 2.75. The number of benzene rings is 2. The molecule has 0 aliphatic carbocycles. The maximum absolute atomic E-state index is 12.5. The van der Waals surface area contributed by atoms with E-state index in [-0.39, 0.29) is 50.8 Å². The Kier molecular flexibility index (Phi) is 10.7. The summed E-state index contributed by atoms with van der Waals surface area (Å²) >= 11 is 0. The van der Waals surface area contributed by atoms with Crippen molar-refractivity contribution in [3.63, 3.8) is 0 Å². The number of alkyl carbamates (subject to hydrolysis) is 1. The number of nitrogens with zero attached hydrogens (tertiary/aromatic N) is 3. The van der Waals surface area contributed by atoms with E-state index in [1.165, 1.54) is 48.5 Å². The first-order chi connectivity index (χ1) is 17.4. The van der Waals surface area contributed by atoms with Crippen molar-refractivity contribution in [2.75, 3.05) is 32.5 Å². The molecular formula is C21H24N4O11S. The van der Waals surface area contributed by atoms with Crippen LogP contribution in [-0.4, -0.2) is 67.8 Å². The second-order valence-electron chi connectivity index (χ2n) is 7.42. The van der Waals surface area contributed by atoms with Crippen LogP contribution in [0, 0.1) is 20.2 Å². The lowest BCUT2D eigenvalue weighted by atomic mass is 10.2. The molecule has 0 atom stereocenters. The first-order valence-electron chi connectivity index (χ1n) is 10.6. The molecule has 15 nitrogen and oxygen atoms in total. The van der Waals surface area contributed by atoms with Gasteiger partial charge >= 0.3 is 12.2 Å². The second-order valence-corrected chi connectivity index (χ2v) is 9.06. The zero-order valence-corrected chi connectivity index (χ0v) is 20.4. The fraction of sp³-hybridized carbons (Fsp3) is 0.333. The largest absolute Gasteiger partial charge is 0.445 e. The van der Waals surface area contributed by atoms with Crippen molar-refractivity contribution >= 4 is 33.7 Å². The van der Waals surface area contributed by atoms with Crippen LogP contribution in [0.15, 0.2) is 48.5 Å². The SMILES string of the molecule is CS(=O)(=O)OCCN(CCNC(=O)OCc1ccc([N+](=O)[O-])cc1)C(=O)OCc1ccc([N+](=O)[O-])cc1. The number of hydrogen-bond donors (Lipinski definition) is 1. The van der Waals surface area contributed by atoms with E-state index in [2.05, 4.69) is 9.50 Å². The number of nitro groups is 2. The van der Waals surface area contributed by atoms with E-state index in [9.17, 15) is 38.2 Å². The van der Waals surface area contributed by atoms with Gasteiger partial charge in [-0.2, -0.15) is 8.42 Å². The highest BCUT2D eigenvalue weighted by molar-refractivity contribution is 7.85. The van der Waals surface area contributed by atoms with E-state index in [0.717, 1.165) is 11.2 Å². The molecule has 0 heterocycles. The van der Waals surface area contributed by atoms with Crippen LogP contribution < -0.4 is 5.32 Å². The summed E-state index contributed by atoms with van der Waals surface area (Å²) in [6.07, 6.45) is -0.798. The van der Waals surface area contributed by atoms with Crippen molar-refractivity contribution in [2.24, 2.45) is 0 Å². The Hall–Kier alpha value is -4.31. The predicted octanol–water partition coefficient (Wildman–Crippen LogP) is 2.34. The first-order valence-corrected chi connectivity index (χ1v) is 12.4. The second kappa shape index (κ2) is 13.7. The Morgan fingerprint density at radius 1 is 0.865 bits per heavy atom. The molecular weight excluding hydrogens is 516 g/mol. The smallest absolute Gasteiger partial charge is 0.410 e. The average molecular weight is 541 g/mol. The Balaban J connectivity index is 1.85. The number of ether oxygens (including phenoxy) is 2. The van der Waals surface area contributed by atoms with Crippen LogP contribution in [0.4, 0.5) is 21.0 Å². The van der Waals surface area contributed by atoms with Gasteiger partial charge in [-0.3, -0.25) is 24.4 Å². The third kappa shape index (κ3) is 10.9. The Morgan fingerprint density at radius 3 is 1.81 bits per heavy atom. The Bertz CT molecular complexity index is 1200. The van der Waals surface area contributed by atoms with Gasteiger partial charge in [0.2, 0.25) is 0 Å². The molecule has 0 bridgehead atoms. The number of rotatable bonds is 13. The molecule has 37 heavy (non-hydrogen) atoms. The topological polar surface area (TPSA) is 198 Å². The maximum Gasteiger partial charge on any atom is 0.410 e. The zero-order chi connectivity index (χ0) is 27.4. The normalized spacial score (nSPS) is 10.8. The van der Waals surface area contributed by atoms with Gasteiger partial charge in [0, 0.05) is 43.9 Å². The standard InChI is InChI=1S/C21H24N4O11S/c1-37(32,33)36-13-12-23(21(27)35-15-17-4-8-19(9-5-17)25(30)31)11-10-22-20(26)34-14-16-2-6-18(7-3-16)24(28)29/h2-9H,10-15H2,1H3,(H,22,26). The minimum absolute atomic E-state index is 0.0788. The molecule has 2 amide bonds. The molecule has 2 rings (SSSR count). The van der Waals surface area contributed by atoms with E-state index < -0.39 is 32.2 Å². The van der Waals surface area contributed by atoms with Crippen molar-refractivity contribution < 1.29 is 41.5 Å². The highest BCUT2D eigenvalue weighted by Crippen LogP contribution is 2.14. The number of carbonyl (C=O) groups is 2. The first kappa shape index (κ1) is 28.9. The summed E-state index contributed by atoms with van der Waals surface area (Å²) in [6.45, 7) is -1.04. The molecule has 0 aliphatic rings. The summed E-state index contributed by atoms with van der Waals surface area (Å²) in [5.74, 6) is 0. The molecule has 200 valence electrons. The number of carbonyl (C=O) groups excluding carboxylic acids is 2. The zero-order valence-electron chi connectivity index (χ0n) is 19.6. The highest BCUT2D eigenvalue weighted by atomic mass is 32.2. The lowest BCUT2D eigenvalue weighted by Crippen LogP contribution is -2.40. The van der Waals surface area contributed by atoms with Crippen LogP contribution in [-0.2, 0) is 37.0 Å². The number of hydrogen-bond acceptors (Lipinski definition) is 11. The summed E-state index contributed by atoms with van der Waals surface area (Å²) in [7, 11) is -3.75. The number of nitrogens with one attached hydrogen (secondary N) is 1. The predicted molar refractivity (Wildman–Crippen MR) is 127 cm³/mol. The lowest BCUT2D eigenvalue weighted by molar-refractivity contribution is -0.385. The molecule has 0 aromatic heterocycles. The molecule has 0 aliphatic heterocycles. The Labute approximate surface area is 211 Å². The molecule has 0 saturated carbocycles. The van der Waals surface area contributed by atoms with Crippen LogP contribution in [0.5, 0.6) is 0 Å².